The van der Waals surface area contributed by atoms with E-state index in [-0.39, 0.29) is 5.75 Å². The molecule has 1 heterocycles. The molecule has 0 amide bonds. The highest BCUT2D eigenvalue weighted by Crippen LogP contribution is 2.76. The fourth-order valence-electron chi connectivity index (χ4n) is 0.979. The van der Waals surface area contributed by atoms with Crippen molar-refractivity contribution in [3.8, 4) is 5.75 Å². The SMILES string of the molecule is FP1(F)=N[P+](Oc2ccccc2)=NP(F)(F)=N1. The van der Waals surface area contributed by atoms with Gasteiger partial charge in [0.15, 0.2) is 5.75 Å². The molecule has 4 nitrogen and oxygen atoms in total. The van der Waals surface area contributed by atoms with Crippen molar-refractivity contribution in [3.63, 3.8) is 0 Å². The first-order valence-electron chi connectivity index (χ1n) is 4.17. The van der Waals surface area contributed by atoms with Crippen LogP contribution in [0, 0.1) is 0 Å². The van der Waals surface area contributed by atoms with Crippen LogP contribution in [0.15, 0.2) is 43.9 Å². The minimum Gasteiger partial charge on any atom is -0.247 e. The van der Waals surface area contributed by atoms with Gasteiger partial charge in [-0.1, -0.05) is 18.2 Å². The topological polar surface area (TPSA) is 46.3 Å². The standard InChI is InChI=1S/C6H5F4N3OP3/c7-16(8)11-15(12-17(9,10)13-16)14-6-4-2-1-3-5-6/h1-5H/q+1. The van der Waals surface area contributed by atoms with E-state index in [9.17, 15) is 16.8 Å². The molecule has 0 bridgehead atoms. The zero-order chi connectivity index (χ0) is 12.5. The first kappa shape index (κ1) is 12.7. The van der Waals surface area contributed by atoms with Crippen LogP contribution in [0.1, 0.15) is 0 Å². The molecule has 1 unspecified atom stereocenters. The molecule has 0 aliphatic carbocycles. The lowest BCUT2D eigenvalue weighted by molar-refractivity contribution is 0.618. The van der Waals surface area contributed by atoms with Crippen molar-refractivity contribution in [1.29, 1.82) is 0 Å². The molecule has 92 valence electrons. The van der Waals surface area contributed by atoms with Crippen LogP contribution >= 0.6 is 23.7 Å². The number of nitrogens with zero attached hydrogens (tertiary/aromatic N) is 3. The van der Waals surface area contributed by atoms with Gasteiger partial charge < -0.3 is 0 Å². The van der Waals surface area contributed by atoms with E-state index in [1.807, 2.05) is 0 Å². The monoisotopic (exact) mass is 304 g/mol. The van der Waals surface area contributed by atoms with Gasteiger partial charge in [-0.3, -0.25) is 0 Å². The Morgan fingerprint density at radius 1 is 1.00 bits per heavy atom. The van der Waals surface area contributed by atoms with Crippen molar-refractivity contribution in [3.05, 3.63) is 30.3 Å². The van der Waals surface area contributed by atoms with Gasteiger partial charge in [-0.05, 0) is 12.1 Å². The molecule has 1 aliphatic rings. The molecule has 0 saturated heterocycles. The Kier molecular flexibility index (Phi) is 3.39. The molecule has 2 rings (SSSR count). The normalized spacial score (nSPS) is 22.9. The molecule has 0 spiro atoms. The molecule has 0 fully saturated rings. The average molecular weight is 304 g/mol. The molecule has 1 atom stereocenters. The Bertz CT molecular complexity index is 556. The molecule has 1 aromatic rings. The van der Waals surface area contributed by atoms with Crippen molar-refractivity contribution < 1.29 is 21.3 Å². The van der Waals surface area contributed by atoms with E-state index in [1.54, 1.807) is 18.2 Å². The lowest BCUT2D eigenvalue weighted by atomic mass is 10.3. The molecule has 1 aliphatic heterocycles. The lowest BCUT2D eigenvalue weighted by Gasteiger charge is -2.01. The van der Waals surface area contributed by atoms with Gasteiger partial charge in [0.2, 0.25) is 0 Å². The second-order valence-corrected chi connectivity index (χ2v) is 7.49. The summed E-state index contributed by atoms with van der Waals surface area (Å²) < 4.78 is 64.1. The summed E-state index contributed by atoms with van der Waals surface area (Å²) in [7, 11) is -13.2. The van der Waals surface area contributed by atoms with E-state index in [4.69, 9.17) is 4.52 Å². The number of hydrogen-bond acceptors (Lipinski definition) is 4. The van der Waals surface area contributed by atoms with E-state index in [2.05, 4.69) is 13.5 Å². The molecule has 1 aromatic carbocycles. The molecule has 0 saturated carbocycles. The van der Waals surface area contributed by atoms with Crippen LogP contribution in [0.4, 0.5) is 16.8 Å². The Morgan fingerprint density at radius 3 is 2.24 bits per heavy atom. The zero-order valence-electron chi connectivity index (χ0n) is 7.99. The molecule has 17 heavy (non-hydrogen) atoms. The minimum atomic E-state index is -5.29. The van der Waals surface area contributed by atoms with Crippen LogP contribution in [-0.2, 0) is 0 Å². The molecule has 0 radical (unpaired) electrons. The fourth-order valence-corrected chi connectivity index (χ4v) is 5.49. The van der Waals surface area contributed by atoms with Gasteiger partial charge >= 0.3 is 23.7 Å². The van der Waals surface area contributed by atoms with Gasteiger partial charge in [0.05, 0.1) is 9.03 Å². The summed E-state index contributed by atoms with van der Waals surface area (Å²) in [6, 6.07) is 7.74. The number of rotatable bonds is 2. The fraction of sp³-hybridized carbons (Fsp3) is 0. The smallest absolute Gasteiger partial charge is 0.247 e. The van der Waals surface area contributed by atoms with E-state index in [0.717, 1.165) is 0 Å². The Balaban J connectivity index is 2.33. The Labute approximate surface area is 95.3 Å². The summed E-state index contributed by atoms with van der Waals surface area (Å²) in [5.74, 6) is 0.174. The van der Waals surface area contributed by atoms with Gasteiger partial charge in [-0.2, -0.15) is 0 Å². The first-order chi connectivity index (χ1) is 7.86. The molecule has 11 heteroatoms. The third kappa shape index (κ3) is 3.63. The maximum absolute atomic E-state index is 12.9. The number of hydrogen-bond donors (Lipinski definition) is 0. The van der Waals surface area contributed by atoms with Crippen LogP contribution in [0.2, 0.25) is 0 Å². The average Bonchev–Trinajstić information content (AvgIpc) is 2.13. The maximum Gasteiger partial charge on any atom is 0.600 e. The van der Waals surface area contributed by atoms with Crippen LogP contribution in [0.25, 0.3) is 0 Å². The second-order valence-electron chi connectivity index (χ2n) is 2.84. The predicted octanol–water partition coefficient (Wildman–Crippen LogP) is 6.34. The Morgan fingerprint density at radius 2 is 1.65 bits per heavy atom. The highest BCUT2D eigenvalue weighted by atomic mass is 31.3. The van der Waals surface area contributed by atoms with E-state index in [0.29, 0.717) is 0 Å². The zero-order valence-corrected chi connectivity index (χ0v) is 10.7. The largest absolute Gasteiger partial charge is 0.600 e. The first-order valence-corrected chi connectivity index (χ1v) is 8.29. The van der Waals surface area contributed by atoms with Crippen LogP contribution in [0.3, 0.4) is 0 Å². The lowest BCUT2D eigenvalue weighted by Crippen LogP contribution is -1.79. The predicted molar refractivity (Wildman–Crippen MR) is 59.5 cm³/mol. The van der Waals surface area contributed by atoms with Crippen molar-refractivity contribution in [2.45, 2.75) is 0 Å². The van der Waals surface area contributed by atoms with E-state index < -0.39 is 23.7 Å². The van der Waals surface area contributed by atoms with Crippen molar-refractivity contribution >= 4 is 23.7 Å². The van der Waals surface area contributed by atoms with Crippen LogP contribution in [0.5, 0.6) is 5.75 Å². The van der Waals surface area contributed by atoms with Gasteiger partial charge in [-0.25, -0.2) is 4.52 Å². The van der Waals surface area contributed by atoms with E-state index >= 15 is 0 Å². The molecule has 0 aromatic heterocycles. The molecular formula is C6H5F4N3OP3+. The van der Waals surface area contributed by atoms with Gasteiger partial charge in [0.25, 0.3) is 0 Å². The maximum atomic E-state index is 12.9. The number of para-hydroxylation sites is 1. The Hall–Kier alpha value is -0.700. The van der Waals surface area contributed by atoms with Crippen molar-refractivity contribution in [2.75, 3.05) is 0 Å². The van der Waals surface area contributed by atoms with Gasteiger partial charge in [0.1, 0.15) is 0 Å². The summed E-state index contributed by atoms with van der Waals surface area (Å²) in [6.07, 6.45) is 0. The number of halogens is 4. The summed E-state index contributed by atoms with van der Waals surface area (Å²) in [5.41, 5.74) is 0. The summed E-state index contributed by atoms with van der Waals surface area (Å²) in [6.45, 7) is 0. The molecule has 0 N–H and O–H groups in total. The van der Waals surface area contributed by atoms with Crippen molar-refractivity contribution in [1.82, 2.24) is 0 Å². The van der Waals surface area contributed by atoms with Crippen LogP contribution in [-0.4, -0.2) is 0 Å². The minimum absolute atomic E-state index is 0.174. The highest BCUT2D eigenvalue weighted by Gasteiger charge is 2.42. The molecular weight excluding hydrogens is 299 g/mol. The summed E-state index contributed by atoms with van der Waals surface area (Å²) in [5, 5.41) is 0. The summed E-state index contributed by atoms with van der Waals surface area (Å²) >= 11 is 0. The highest BCUT2D eigenvalue weighted by molar-refractivity contribution is 7.74. The van der Waals surface area contributed by atoms with E-state index in [1.165, 1.54) is 12.1 Å². The van der Waals surface area contributed by atoms with Gasteiger partial charge in [-0.15, -0.1) is 21.3 Å². The third-order valence-electron chi connectivity index (χ3n) is 1.51. The quantitative estimate of drug-likeness (QED) is 0.464. The summed E-state index contributed by atoms with van der Waals surface area (Å²) in [4.78, 5) is 0. The van der Waals surface area contributed by atoms with Crippen LogP contribution < -0.4 is 4.52 Å². The van der Waals surface area contributed by atoms with Crippen molar-refractivity contribution in [2.24, 2.45) is 13.5 Å². The second kappa shape index (κ2) is 4.52. The third-order valence-corrected chi connectivity index (χ3v) is 6.56. The number of benzene rings is 1. The van der Waals surface area contributed by atoms with Gasteiger partial charge in [0, 0.05) is 0 Å².